The first-order valence-electron chi connectivity index (χ1n) is 7.35. The van der Waals surface area contributed by atoms with Crippen molar-refractivity contribution in [1.82, 2.24) is 10.6 Å². The Balaban J connectivity index is 1.96. The second-order valence-electron chi connectivity index (χ2n) is 5.33. The number of halogens is 1. The molecule has 5 nitrogen and oxygen atoms in total. The zero-order valence-corrected chi connectivity index (χ0v) is 14.4. The largest absolute Gasteiger partial charge is 0.493 e. The van der Waals surface area contributed by atoms with Gasteiger partial charge in [0.25, 0.3) is 0 Å². The van der Waals surface area contributed by atoms with E-state index in [1.165, 1.54) is 0 Å². The molecule has 1 aliphatic heterocycles. The number of hydrogen-bond acceptors (Lipinski definition) is 5. The fourth-order valence-electron chi connectivity index (χ4n) is 2.49. The van der Waals surface area contributed by atoms with Gasteiger partial charge in [-0.1, -0.05) is 12.7 Å². The van der Waals surface area contributed by atoms with Crippen LogP contribution < -0.4 is 20.1 Å². The molecule has 2 unspecified atom stereocenters. The summed E-state index contributed by atoms with van der Waals surface area (Å²) in [6.07, 6.45) is 1.44. The molecule has 2 rings (SSSR count). The summed E-state index contributed by atoms with van der Waals surface area (Å²) in [5.74, 6) is 1.64. The zero-order chi connectivity index (χ0) is 15.9. The van der Waals surface area contributed by atoms with Gasteiger partial charge in [-0.25, -0.2) is 0 Å². The molecular weight excluding hydrogens is 348 g/mol. The lowest BCUT2D eigenvalue weighted by molar-refractivity contribution is 0.146. The highest BCUT2D eigenvalue weighted by molar-refractivity contribution is 9.10. The molecule has 0 bridgehead atoms. The summed E-state index contributed by atoms with van der Waals surface area (Å²) in [4.78, 5) is 0. The molecule has 22 heavy (non-hydrogen) atoms. The molecule has 1 saturated heterocycles. The third-order valence-corrected chi connectivity index (χ3v) is 4.26. The average molecular weight is 371 g/mol. The van der Waals surface area contributed by atoms with E-state index in [2.05, 4.69) is 33.1 Å². The molecule has 0 radical (unpaired) electrons. The van der Waals surface area contributed by atoms with Crippen LogP contribution in [0.2, 0.25) is 0 Å². The Morgan fingerprint density at radius 3 is 2.95 bits per heavy atom. The monoisotopic (exact) mass is 370 g/mol. The summed E-state index contributed by atoms with van der Waals surface area (Å²) in [6, 6.07) is 3.97. The molecule has 0 spiro atoms. The summed E-state index contributed by atoms with van der Waals surface area (Å²) in [7, 11) is 1.63. The highest BCUT2D eigenvalue weighted by Crippen LogP contribution is 2.36. The number of nitrogens with one attached hydrogen (secondary N) is 2. The topological polar surface area (TPSA) is 62.8 Å². The summed E-state index contributed by atoms with van der Waals surface area (Å²) in [5.41, 5.74) is 1.09. The fraction of sp³-hybridized carbons (Fsp3) is 0.500. The normalized spacial score (nSPS) is 20.9. The van der Waals surface area contributed by atoms with E-state index in [1.54, 1.807) is 13.2 Å². The number of ether oxygens (including phenoxy) is 2. The molecule has 0 saturated carbocycles. The molecule has 6 heteroatoms. The summed E-state index contributed by atoms with van der Waals surface area (Å²) >= 11 is 3.52. The minimum atomic E-state index is -0.261. The Hall–Kier alpha value is -1.08. The van der Waals surface area contributed by atoms with Crippen molar-refractivity contribution in [2.24, 2.45) is 5.92 Å². The number of benzene rings is 1. The van der Waals surface area contributed by atoms with Crippen molar-refractivity contribution in [2.45, 2.75) is 12.6 Å². The van der Waals surface area contributed by atoms with E-state index in [9.17, 15) is 5.11 Å². The molecule has 1 aromatic rings. The lowest BCUT2D eigenvalue weighted by Crippen LogP contribution is -2.30. The third-order valence-electron chi connectivity index (χ3n) is 3.67. The first-order chi connectivity index (χ1) is 10.7. The predicted octanol–water partition coefficient (Wildman–Crippen LogP) is 1.69. The van der Waals surface area contributed by atoms with Gasteiger partial charge < -0.3 is 25.2 Å². The van der Waals surface area contributed by atoms with Gasteiger partial charge in [-0.05, 0) is 33.6 Å². The molecule has 1 heterocycles. The number of rotatable bonds is 8. The molecule has 2 atom stereocenters. The van der Waals surface area contributed by atoms with Crippen LogP contribution in [0.5, 0.6) is 11.5 Å². The van der Waals surface area contributed by atoms with E-state index < -0.39 is 0 Å². The SMILES string of the molecule is C=CCOc1c(Br)cc(CNCC2CNCC2O)cc1OC. The Morgan fingerprint density at radius 2 is 2.32 bits per heavy atom. The first kappa shape index (κ1) is 17.3. The van der Waals surface area contributed by atoms with Crippen molar-refractivity contribution in [2.75, 3.05) is 33.4 Å². The number of methoxy groups -OCH3 is 1. The average Bonchev–Trinajstić information content (AvgIpc) is 2.91. The van der Waals surface area contributed by atoms with Crippen LogP contribution in [-0.2, 0) is 6.54 Å². The fourth-order valence-corrected chi connectivity index (χ4v) is 3.09. The van der Waals surface area contributed by atoms with E-state index >= 15 is 0 Å². The Kier molecular flexibility index (Phi) is 6.70. The zero-order valence-electron chi connectivity index (χ0n) is 12.8. The number of hydrogen-bond donors (Lipinski definition) is 3. The second-order valence-corrected chi connectivity index (χ2v) is 6.18. The maximum atomic E-state index is 9.78. The van der Waals surface area contributed by atoms with Gasteiger partial charge in [0.05, 0.1) is 17.7 Å². The van der Waals surface area contributed by atoms with E-state index in [0.717, 1.165) is 23.1 Å². The van der Waals surface area contributed by atoms with Gasteiger partial charge in [0.2, 0.25) is 0 Å². The van der Waals surface area contributed by atoms with Gasteiger partial charge in [-0.15, -0.1) is 0 Å². The van der Waals surface area contributed by atoms with E-state index in [-0.39, 0.29) is 12.0 Å². The lowest BCUT2D eigenvalue weighted by atomic mass is 10.1. The lowest BCUT2D eigenvalue weighted by Gasteiger charge is -2.16. The molecule has 1 fully saturated rings. The molecule has 3 N–H and O–H groups in total. The standard InChI is InChI=1S/C16H23BrN2O3/c1-3-4-22-16-13(17)5-11(6-15(16)21-2)7-18-8-12-9-19-10-14(12)20/h3,5-6,12,14,18-20H,1,4,7-10H2,2H3. The molecule has 122 valence electrons. The smallest absolute Gasteiger partial charge is 0.175 e. The molecule has 1 aliphatic rings. The molecule has 0 aliphatic carbocycles. The molecular formula is C16H23BrN2O3. The quantitative estimate of drug-likeness (QED) is 0.607. The van der Waals surface area contributed by atoms with Crippen LogP contribution in [0.25, 0.3) is 0 Å². The van der Waals surface area contributed by atoms with Gasteiger partial charge >= 0.3 is 0 Å². The van der Waals surface area contributed by atoms with Crippen molar-refractivity contribution in [3.8, 4) is 11.5 Å². The number of aliphatic hydroxyl groups excluding tert-OH is 1. The van der Waals surface area contributed by atoms with Crippen molar-refractivity contribution < 1.29 is 14.6 Å². The van der Waals surface area contributed by atoms with Crippen LogP contribution in [-0.4, -0.2) is 44.6 Å². The minimum absolute atomic E-state index is 0.261. The Morgan fingerprint density at radius 1 is 1.50 bits per heavy atom. The van der Waals surface area contributed by atoms with Gasteiger partial charge in [0.15, 0.2) is 11.5 Å². The third kappa shape index (κ3) is 4.46. The van der Waals surface area contributed by atoms with Crippen molar-refractivity contribution in [3.05, 3.63) is 34.8 Å². The number of β-amino-alcohol motifs (C(OH)–C–C–N with tert-alkyl or cyclic N) is 1. The van der Waals surface area contributed by atoms with Gasteiger partial charge in [0.1, 0.15) is 6.61 Å². The van der Waals surface area contributed by atoms with E-state index in [4.69, 9.17) is 9.47 Å². The maximum Gasteiger partial charge on any atom is 0.175 e. The first-order valence-corrected chi connectivity index (χ1v) is 8.14. The van der Waals surface area contributed by atoms with Crippen molar-refractivity contribution in [1.29, 1.82) is 0 Å². The summed E-state index contributed by atoms with van der Waals surface area (Å²) < 4.78 is 11.9. The Labute approximate surface area is 139 Å². The van der Waals surface area contributed by atoms with Crippen LogP contribution in [0.15, 0.2) is 29.3 Å². The van der Waals surface area contributed by atoms with Gasteiger partial charge in [-0.2, -0.15) is 0 Å². The Bertz CT molecular complexity index is 510. The van der Waals surface area contributed by atoms with Crippen LogP contribution in [0.1, 0.15) is 5.56 Å². The summed E-state index contributed by atoms with van der Waals surface area (Å²) in [6.45, 7) is 7.10. The van der Waals surface area contributed by atoms with Crippen LogP contribution in [0.4, 0.5) is 0 Å². The minimum Gasteiger partial charge on any atom is -0.493 e. The van der Waals surface area contributed by atoms with Crippen LogP contribution in [0.3, 0.4) is 0 Å². The summed E-state index contributed by atoms with van der Waals surface area (Å²) in [5, 5.41) is 16.3. The molecule has 1 aromatic carbocycles. The highest BCUT2D eigenvalue weighted by Gasteiger charge is 2.24. The van der Waals surface area contributed by atoms with E-state index in [1.807, 2.05) is 12.1 Å². The predicted molar refractivity (Wildman–Crippen MR) is 90.5 cm³/mol. The highest BCUT2D eigenvalue weighted by atomic mass is 79.9. The molecule has 0 amide bonds. The molecule has 0 aromatic heterocycles. The second kappa shape index (κ2) is 8.53. The maximum absolute atomic E-state index is 9.78. The van der Waals surface area contributed by atoms with Crippen molar-refractivity contribution in [3.63, 3.8) is 0 Å². The van der Waals surface area contributed by atoms with Crippen molar-refractivity contribution >= 4 is 15.9 Å². The number of aliphatic hydroxyl groups is 1. The van der Waals surface area contributed by atoms with Gasteiger partial charge in [0, 0.05) is 32.1 Å². The van der Waals surface area contributed by atoms with E-state index in [0.29, 0.717) is 31.2 Å². The van der Waals surface area contributed by atoms with Crippen LogP contribution in [0, 0.1) is 5.92 Å². The van der Waals surface area contributed by atoms with Gasteiger partial charge in [-0.3, -0.25) is 0 Å². The van der Waals surface area contributed by atoms with Crippen LogP contribution >= 0.6 is 15.9 Å².